The fraction of sp³-hybridized carbons (Fsp3) is 0.467. The van der Waals surface area contributed by atoms with E-state index in [2.05, 4.69) is 46.8 Å². The minimum Gasteiger partial charge on any atom is -0.314 e. The lowest BCUT2D eigenvalue weighted by atomic mass is 9.92. The van der Waals surface area contributed by atoms with Crippen LogP contribution in [0.3, 0.4) is 0 Å². The number of aromatic nitrogens is 2. The molecule has 7 heteroatoms. The predicted octanol–water partition coefficient (Wildman–Crippen LogP) is 3.20. The zero-order valence-corrected chi connectivity index (χ0v) is 14.3. The second-order valence-corrected chi connectivity index (χ2v) is 6.93. The molecule has 0 saturated carbocycles. The molecular formula is C15H21ClN4OS. The van der Waals surface area contributed by atoms with E-state index in [1.165, 1.54) is 4.88 Å². The molecule has 1 aliphatic heterocycles. The van der Waals surface area contributed by atoms with Gasteiger partial charge in [0.2, 0.25) is 5.91 Å². The summed E-state index contributed by atoms with van der Waals surface area (Å²) in [5.74, 6) is 0.751. The molecule has 3 heterocycles. The van der Waals surface area contributed by atoms with Gasteiger partial charge in [-0.1, -0.05) is 0 Å². The Labute approximate surface area is 140 Å². The molecule has 1 fully saturated rings. The average molecular weight is 341 g/mol. The van der Waals surface area contributed by atoms with Crippen LogP contribution in [0.15, 0.2) is 18.2 Å². The predicted molar refractivity (Wildman–Crippen MR) is 92.7 cm³/mol. The van der Waals surface area contributed by atoms with E-state index in [1.807, 2.05) is 6.07 Å². The Kier molecular flexibility index (Phi) is 5.61. The van der Waals surface area contributed by atoms with Gasteiger partial charge in [0.1, 0.15) is 0 Å². The zero-order chi connectivity index (χ0) is 14.8. The second kappa shape index (κ2) is 7.26. The molecule has 0 aliphatic carbocycles. The molecule has 1 aliphatic rings. The van der Waals surface area contributed by atoms with Crippen molar-refractivity contribution in [2.45, 2.75) is 32.7 Å². The third-order valence-corrected chi connectivity index (χ3v) is 4.86. The largest absolute Gasteiger partial charge is 0.314 e. The lowest BCUT2D eigenvalue weighted by Gasteiger charge is -2.26. The van der Waals surface area contributed by atoms with Crippen LogP contribution in [0.4, 0.5) is 5.82 Å². The number of piperidine rings is 1. The number of thiophene rings is 1. The van der Waals surface area contributed by atoms with Gasteiger partial charge in [0.25, 0.3) is 0 Å². The van der Waals surface area contributed by atoms with Gasteiger partial charge >= 0.3 is 0 Å². The Hall–Kier alpha value is -1.37. The number of halogens is 1. The molecule has 2 aromatic rings. The topological polar surface area (TPSA) is 69.8 Å². The van der Waals surface area contributed by atoms with Gasteiger partial charge < -0.3 is 10.6 Å². The van der Waals surface area contributed by atoms with Crippen LogP contribution in [0.5, 0.6) is 0 Å². The number of anilines is 1. The van der Waals surface area contributed by atoms with Crippen LogP contribution in [-0.4, -0.2) is 28.7 Å². The van der Waals surface area contributed by atoms with Crippen LogP contribution >= 0.6 is 23.7 Å². The van der Waals surface area contributed by atoms with Gasteiger partial charge in [0.15, 0.2) is 5.82 Å². The fourth-order valence-corrected chi connectivity index (χ4v) is 3.52. The highest BCUT2D eigenvalue weighted by atomic mass is 35.5. The summed E-state index contributed by atoms with van der Waals surface area (Å²) in [7, 11) is 0. The molecule has 2 aromatic heterocycles. The summed E-state index contributed by atoms with van der Waals surface area (Å²) in [4.78, 5) is 14.7. The summed E-state index contributed by atoms with van der Waals surface area (Å²) in [5, 5.41) is 13.5. The van der Waals surface area contributed by atoms with Gasteiger partial charge in [-0.25, -0.2) is 0 Å². The Balaban J connectivity index is 0.00000176. The maximum absolute atomic E-state index is 12.3. The Bertz CT molecular complexity index is 639. The normalized spacial score (nSPS) is 21.2. The standard InChI is InChI=1S/C15H20N4OS.ClH/c1-9-7-11(5-6-16-9)15(20)17-14-8-12(18-19-14)13-4-3-10(2)21-13;/h3-4,8-9,11,16H,5-7H2,1-2H3,(H2,17,18,19,20);1H/t9-,11-;/m0./s1. The number of aryl methyl sites for hydroxylation is 1. The van der Waals surface area contributed by atoms with Crippen molar-refractivity contribution in [3.8, 4) is 10.6 Å². The van der Waals surface area contributed by atoms with E-state index in [0.717, 1.165) is 30.0 Å². The number of nitrogens with zero attached hydrogens (tertiary/aromatic N) is 1. The Morgan fingerprint density at radius 1 is 1.45 bits per heavy atom. The number of hydrogen-bond donors (Lipinski definition) is 3. The highest BCUT2D eigenvalue weighted by Crippen LogP contribution is 2.27. The van der Waals surface area contributed by atoms with Crippen molar-refractivity contribution < 1.29 is 4.79 Å². The maximum Gasteiger partial charge on any atom is 0.228 e. The van der Waals surface area contributed by atoms with Gasteiger partial charge in [-0.3, -0.25) is 9.89 Å². The third-order valence-electron chi connectivity index (χ3n) is 3.83. The van der Waals surface area contributed by atoms with Crippen molar-refractivity contribution in [1.29, 1.82) is 0 Å². The number of nitrogens with one attached hydrogen (secondary N) is 3. The van der Waals surface area contributed by atoms with Crippen molar-refractivity contribution in [1.82, 2.24) is 15.5 Å². The van der Waals surface area contributed by atoms with Gasteiger partial charge in [-0.2, -0.15) is 5.10 Å². The van der Waals surface area contributed by atoms with Crippen LogP contribution in [0.2, 0.25) is 0 Å². The number of hydrogen-bond acceptors (Lipinski definition) is 4. The van der Waals surface area contributed by atoms with Crippen LogP contribution in [0, 0.1) is 12.8 Å². The van der Waals surface area contributed by atoms with Crippen molar-refractivity contribution in [2.75, 3.05) is 11.9 Å². The first-order chi connectivity index (χ1) is 10.1. The molecule has 0 radical (unpaired) electrons. The number of rotatable bonds is 3. The number of H-pyrrole nitrogens is 1. The smallest absolute Gasteiger partial charge is 0.228 e. The summed E-state index contributed by atoms with van der Waals surface area (Å²) >= 11 is 1.71. The minimum atomic E-state index is 0. The van der Waals surface area contributed by atoms with Crippen LogP contribution in [0.1, 0.15) is 24.6 Å². The van der Waals surface area contributed by atoms with Crippen LogP contribution in [-0.2, 0) is 4.79 Å². The molecule has 3 rings (SSSR count). The summed E-state index contributed by atoms with van der Waals surface area (Å²) in [5.41, 5.74) is 0.946. The SMILES string of the molecule is Cc1ccc(-c2cc(NC(=O)[C@H]3CCN[C@@H](C)C3)n[nH]2)s1.Cl. The highest BCUT2D eigenvalue weighted by Gasteiger charge is 2.25. The number of amides is 1. The van der Waals surface area contributed by atoms with Gasteiger partial charge in [-0.05, 0) is 45.4 Å². The molecule has 0 bridgehead atoms. The van der Waals surface area contributed by atoms with E-state index in [0.29, 0.717) is 11.9 Å². The monoisotopic (exact) mass is 340 g/mol. The molecule has 1 amide bonds. The maximum atomic E-state index is 12.3. The molecule has 0 aromatic carbocycles. The van der Waals surface area contributed by atoms with E-state index in [1.54, 1.807) is 11.3 Å². The fourth-order valence-electron chi connectivity index (χ4n) is 2.69. The highest BCUT2D eigenvalue weighted by molar-refractivity contribution is 7.15. The lowest BCUT2D eigenvalue weighted by molar-refractivity contribution is -0.120. The molecule has 22 heavy (non-hydrogen) atoms. The summed E-state index contributed by atoms with van der Waals surface area (Å²) in [6, 6.07) is 6.44. The first-order valence-corrected chi connectivity index (χ1v) is 8.10. The summed E-state index contributed by atoms with van der Waals surface area (Å²) < 4.78 is 0. The molecule has 120 valence electrons. The molecule has 3 N–H and O–H groups in total. The quantitative estimate of drug-likeness (QED) is 0.803. The van der Waals surface area contributed by atoms with E-state index in [9.17, 15) is 4.79 Å². The third kappa shape index (κ3) is 3.88. The lowest BCUT2D eigenvalue weighted by Crippen LogP contribution is -2.40. The van der Waals surface area contributed by atoms with Crippen LogP contribution in [0.25, 0.3) is 10.6 Å². The van der Waals surface area contributed by atoms with E-state index >= 15 is 0 Å². The molecule has 5 nitrogen and oxygen atoms in total. The first-order valence-electron chi connectivity index (χ1n) is 7.28. The first kappa shape index (κ1) is 17.0. The van der Waals surface area contributed by atoms with Gasteiger partial charge in [0, 0.05) is 22.9 Å². The van der Waals surface area contributed by atoms with Crippen LogP contribution < -0.4 is 10.6 Å². The molecular weight excluding hydrogens is 320 g/mol. The molecule has 2 atom stereocenters. The van der Waals surface area contributed by atoms with Gasteiger partial charge in [-0.15, -0.1) is 23.7 Å². The number of carbonyl (C=O) groups is 1. The second-order valence-electron chi connectivity index (χ2n) is 5.64. The minimum absolute atomic E-state index is 0. The van der Waals surface area contributed by atoms with E-state index in [-0.39, 0.29) is 24.2 Å². The van der Waals surface area contributed by atoms with Gasteiger partial charge in [0.05, 0.1) is 10.6 Å². The van der Waals surface area contributed by atoms with E-state index in [4.69, 9.17) is 0 Å². The molecule has 1 saturated heterocycles. The average Bonchev–Trinajstić information content (AvgIpc) is 3.07. The number of aromatic amines is 1. The Morgan fingerprint density at radius 3 is 2.95 bits per heavy atom. The number of carbonyl (C=O) groups excluding carboxylic acids is 1. The zero-order valence-electron chi connectivity index (χ0n) is 12.7. The summed E-state index contributed by atoms with van der Waals surface area (Å²) in [6.07, 6.45) is 1.77. The van der Waals surface area contributed by atoms with Crippen molar-refractivity contribution in [3.63, 3.8) is 0 Å². The van der Waals surface area contributed by atoms with Crippen molar-refractivity contribution in [2.24, 2.45) is 5.92 Å². The molecule has 0 spiro atoms. The Morgan fingerprint density at radius 2 is 2.27 bits per heavy atom. The molecule has 0 unspecified atom stereocenters. The summed E-state index contributed by atoms with van der Waals surface area (Å²) in [6.45, 7) is 5.09. The van der Waals surface area contributed by atoms with Crippen molar-refractivity contribution >= 4 is 35.5 Å². The van der Waals surface area contributed by atoms with E-state index < -0.39 is 0 Å². The van der Waals surface area contributed by atoms with Crippen molar-refractivity contribution in [3.05, 3.63) is 23.1 Å².